The molecule has 0 saturated heterocycles. The molecule has 0 saturated carbocycles. The van der Waals surface area contributed by atoms with Crippen molar-refractivity contribution in [2.75, 3.05) is 19.0 Å². The number of rotatable bonds is 6. The molecule has 2 rings (SSSR count). The molecular formula is C15H16N2O5S. The van der Waals surface area contributed by atoms with Gasteiger partial charge in [0.25, 0.3) is 5.69 Å². The summed E-state index contributed by atoms with van der Waals surface area (Å²) in [6, 6.07) is 5.87. The summed E-state index contributed by atoms with van der Waals surface area (Å²) in [5.41, 5.74) is -0.325. The smallest absolute Gasteiger partial charge is 0.344 e. The first-order chi connectivity index (χ1) is 10.8. The third-order valence-electron chi connectivity index (χ3n) is 3.38. The fourth-order valence-electron chi connectivity index (χ4n) is 2.03. The number of carbonyl (C=O) groups is 1. The van der Waals surface area contributed by atoms with Gasteiger partial charge in [-0.2, -0.15) is 11.3 Å². The Morgan fingerprint density at radius 3 is 2.78 bits per heavy atom. The molecule has 0 spiro atoms. The molecular weight excluding hydrogens is 320 g/mol. The second-order valence-corrected chi connectivity index (χ2v) is 5.90. The Balaban J connectivity index is 2.21. The number of benzene rings is 1. The molecule has 0 amide bonds. The van der Waals surface area contributed by atoms with E-state index in [1.54, 1.807) is 6.92 Å². The molecule has 0 bridgehead atoms. The number of nitrogens with zero attached hydrogens (tertiary/aromatic N) is 1. The van der Waals surface area contributed by atoms with Gasteiger partial charge in [0.15, 0.2) is 0 Å². The zero-order valence-corrected chi connectivity index (χ0v) is 13.4. The fraction of sp³-hybridized carbons (Fsp3) is 0.267. The van der Waals surface area contributed by atoms with E-state index in [-0.39, 0.29) is 17.8 Å². The molecule has 0 aliphatic carbocycles. The van der Waals surface area contributed by atoms with Crippen LogP contribution in [0.2, 0.25) is 0 Å². The molecule has 1 aromatic carbocycles. The largest absolute Gasteiger partial charge is 0.465 e. The van der Waals surface area contributed by atoms with Gasteiger partial charge < -0.3 is 15.2 Å². The predicted molar refractivity (Wildman–Crippen MR) is 86.8 cm³/mol. The second kappa shape index (κ2) is 6.76. The normalized spacial score (nSPS) is 13.2. The van der Waals surface area contributed by atoms with Crippen LogP contribution in [0.4, 0.5) is 11.4 Å². The summed E-state index contributed by atoms with van der Waals surface area (Å²) in [7, 11) is 1.16. The number of hydrogen-bond acceptors (Lipinski definition) is 7. The van der Waals surface area contributed by atoms with E-state index in [2.05, 4.69) is 10.1 Å². The maximum Gasteiger partial charge on any atom is 0.344 e. The zero-order valence-electron chi connectivity index (χ0n) is 12.6. The van der Waals surface area contributed by atoms with Crippen LogP contribution >= 0.6 is 11.3 Å². The average Bonchev–Trinajstić information content (AvgIpc) is 3.07. The topological polar surface area (TPSA) is 102 Å². The van der Waals surface area contributed by atoms with E-state index in [4.69, 9.17) is 0 Å². The second-order valence-electron chi connectivity index (χ2n) is 5.12. The van der Waals surface area contributed by atoms with Gasteiger partial charge in [-0.1, -0.05) is 0 Å². The van der Waals surface area contributed by atoms with Gasteiger partial charge in [-0.3, -0.25) is 10.1 Å². The van der Waals surface area contributed by atoms with Gasteiger partial charge in [0.2, 0.25) is 0 Å². The first kappa shape index (κ1) is 16.9. The summed E-state index contributed by atoms with van der Waals surface area (Å²) in [4.78, 5) is 22.0. The number of esters is 1. The highest BCUT2D eigenvalue weighted by Gasteiger charge is 2.25. The number of methoxy groups -OCH3 is 1. The van der Waals surface area contributed by atoms with Gasteiger partial charge in [-0.25, -0.2) is 4.79 Å². The third kappa shape index (κ3) is 3.85. The van der Waals surface area contributed by atoms with Crippen LogP contribution in [-0.2, 0) is 10.3 Å². The zero-order chi connectivity index (χ0) is 17.0. The predicted octanol–water partition coefficient (Wildman–Crippen LogP) is 2.76. The van der Waals surface area contributed by atoms with Crippen LogP contribution in [0.5, 0.6) is 0 Å². The van der Waals surface area contributed by atoms with Crippen molar-refractivity contribution in [2.24, 2.45) is 0 Å². The lowest BCUT2D eigenvalue weighted by Crippen LogP contribution is -2.30. The standard InChI is InChI=1S/C15H16N2O5S/c1-15(19,10-5-6-23-8-10)9-16-11-3-4-13(17(20)21)12(7-11)14(18)22-2/h3-8,16,19H,9H2,1-2H3. The molecule has 0 radical (unpaired) electrons. The van der Waals surface area contributed by atoms with Gasteiger partial charge in [0, 0.05) is 18.3 Å². The van der Waals surface area contributed by atoms with E-state index in [1.807, 2.05) is 16.8 Å². The van der Waals surface area contributed by atoms with Crippen molar-refractivity contribution >= 4 is 28.7 Å². The van der Waals surface area contributed by atoms with Crippen molar-refractivity contribution in [2.45, 2.75) is 12.5 Å². The minimum atomic E-state index is -1.10. The summed E-state index contributed by atoms with van der Waals surface area (Å²) in [5.74, 6) is -0.787. The highest BCUT2D eigenvalue weighted by atomic mass is 32.1. The van der Waals surface area contributed by atoms with Crippen molar-refractivity contribution in [3.8, 4) is 0 Å². The van der Waals surface area contributed by atoms with Crippen molar-refractivity contribution in [3.05, 3.63) is 56.3 Å². The van der Waals surface area contributed by atoms with Crippen LogP contribution in [0.15, 0.2) is 35.0 Å². The van der Waals surface area contributed by atoms with Crippen LogP contribution in [-0.4, -0.2) is 29.7 Å². The van der Waals surface area contributed by atoms with E-state index >= 15 is 0 Å². The van der Waals surface area contributed by atoms with Gasteiger partial charge in [-0.05, 0) is 41.4 Å². The Hall–Kier alpha value is -2.45. The third-order valence-corrected chi connectivity index (χ3v) is 4.06. The molecule has 1 aromatic heterocycles. The molecule has 23 heavy (non-hydrogen) atoms. The number of thiophene rings is 1. The maximum atomic E-state index is 11.7. The lowest BCUT2D eigenvalue weighted by Gasteiger charge is -2.23. The molecule has 0 aliphatic rings. The molecule has 7 nitrogen and oxygen atoms in total. The van der Waals surface area contributed by atoms with Crippen molar-refractivity contribution in [1.29, 1.82) is 0 Å². The van der Waals surface area contributed by atoms with Crippen LogP contribution < -0.4 is 5.32 Å². The highest BCUT2D eigenvalue weighted by molar-refractivity contribution is 7.08. The Morgan fingerprint density at radius 1 is 1.48 bits per heavy atom. The van der Waals surface area contributed by atoms with Crippen LogP contribution in [0.25, 0.3) is 0 Å². The summed E-state index contributed by atoms with van der Waals surface area (Å²) in [5, 5.41) is 28.1. The summed E-state index contributed by atoms with van der Waals surface area (Å²) >= 11 is 1.48. The molecule has 2 N–H and O–H groups in total. The number of anilines is 1. The van der Waals surface area contributed by atoms with Gasteiger partial charge in [-0.15, -0.1) is 0 Å². The SMILES string of the molecule is COC(=O)c1cc(NCC(C)(O)c2ccsc2)ccc1[N+](=O)[O-]. The highest BCUT2D eigenvalue weighted by Crippen LogP contribution is 2.26. The minimum absolute atomic E-state index is 0.141. The number of nitrogens with one attached hydrogen (secondary N) is 1. The Labute approximate surface area is 136 Å². The molecule has 0 fully saturated rings. The maximum absolute atomic E-state index is 11.7. The van der Waals surface area contributed by atoms with E-state index in [0.717, 1.165) is 12.7 Å². The number of carbonyl (C=O) groups excluding carboxylic acids is 1. The van der Waals surface area contributed by atoms with E-state index < -0.39 is 16.5 Å². The van der Waals surface area contributed by atoms with Crippen LogP contribution in [0.1, 0.15) is 22.8 Å². The summed E-state index contributed by atoms with van der Waals surface area (Å²) in [6.45, 7) is 1.84. The van der Waals surface area contributed by atoms with Crippen molar-refractivity contribution in [1.82, 2.24) is 0 Å². The molecule has 122 valence electrons. The number of hydrogen-bond donors (Lipinski definition) is 2. The van der Waals surface area contributed by atoms with E-state index in [0.29, 0.717) is 5.69 Å². The molecule has 8 heteroatoms. The number of nitro groups is 1. The van der Waals surface area contributed by atoms with Gasteiger partial charge in [0.05, 0.1) is 12.0 Å². The first-order valence-corrected chi connectivity index (χ1v) is 7.65. The molecule has 1 unspecified atom stereocenters. The van der Waals surface area contributed by atoms with Crippen LogP contribution in [0.3, 0.4) is 0 Å². The Kier molecular flexibility index (Phi) is 4.97. The molecule has 0 aliphatic heterocycles. The van der Waals surface area contributed by atoms with Crippen molar-refractivity contribution in [3.63, 3.8) is 0 Å². The quantitative estimate of drug-likeness (QED) is 0.478. The number of nitro benzene ring substituents is 1. The monoisotopic (exact) mass is 336 g/mol. The van der Waals surface area contributed by atoms with Crippen molar-refractivity contribution < 1.29 is 19.6 Å². The Morgan fingerprint density at radius 2 is 2.22 bits per heavy atom. The first-order valence-electron chi connectivity index (χ1n) is 6.71. The van der Waals surface area contributed by atoms with E-state index in [1.165, 1.54) is 29.5 Å². The molecule has 1 atom stereocenters. The number of aliphatic hydroxyl groups is 1. The lowest BCUT2D eigenvalue weighted by molar-refractivity contribution is -0.385. The lowest BCUT2D eigenvalue weighted by atomic mass is 9.99. The van der Waals surface area contributed by atoms with E-state index in [9.17, 15) is 20.0 Å². The van der Waals surface area contributed by atoms with Crippen LogP contribution in [0, 0.1) is 10.1 Å². The Bertz CT molecular complexity index is 713. The average molecular weight is 336 g/mol. The summed E-state index contributed by atoms with van der Waals surface area (Å²) < 4.78 is 4.57. The minimum Gasteiger partial charge on any atom is -0.465 e. The summed E-state index contributed by atoms with van der Waals surface area (Å²) in [6.07, 6.45) is 0. The molecule has 2 aromatic rings. The fourth-order valence-corrected chi connectivity index (χ4v) is 2.81. The molecule has 1 heterocycles. The van der Waals surface area contributed by atoms with Gasteiger partial charge in [0.1, 0.15) is 11.2 Å². The van der Waals surface area contributed by atoms with Gasteiger partial charge >= 0.3 is 5.97 Å². The number of ether oxygens (including phenoxy) is 1.